The molecule has 3 atom stereocenters. The van der Waals surface area contributed by atoms with Crippen molar-refractivity contribution < 1.29 is 18.0 Å². The topological polar surface area (TPSA) is 29.1 Å². The van der Waals surface area contributed by atoms with E-state index >= 15 is 0 Å². The van der Waals surface area contributed by atoms with Gasteiger partial charge in [-0.05, 0) is 61.9 Å². The molecule has 0 amide bonds. The van der Waals surface area contributed by atoms with E-state index in [0.29, 0.717) is 22.2 Å². The first-order valence-electron chi connectivity index (χ1n) is 8.04. The summed E-state index contributed by atoms with van der Waals surface area (Å²) in [4.78, 5) is 11.7. The van der Waals surface area contributed by atoms with Crippen LogP contribution in [0.1, 0.15) is 49.4 Å². The molecule has 0 aromatic heterocycles. The van der Waals surface area contributed by atoms with Crippen molar-refractivity contribution in [2.24, 2.45) is 5.92 Å². The SMILES string of the molecule is CC(=O)C1=Cc2cc(Cl)c(C3CCC(C)N3)cc2CC1C(F)(F)F. The van der Waals surface area contributed by atoms with E-state index in [1.165, 1.54) is 13.0 Å². The van der Waals surface area contributed by atoms with Crippen molar-refractivity contribution in [3.8, 4) is 0 Å². The Hall–Kier alpha value is -1.33. The highest BCUT2D eigenvalue weighted by molar-refractivity contribution is 6.31. The number of halogens is 4. The molecule has 1 aromatic rings. The molecule has 1 aliphatic heterocycles. The van der Waals surface area contributed by atoms with E-state index in [0.717, 1.165) is 18.4 Å². The molecule has 0 bridgehead atoms. The van der Waals surface area contributed by atoms with Gasteiger partial charge in [0.1, 0.15) is 0 Å². The maximum Gasteiger partial charge on any atom is 0.396 e. The second kappa shape index (κ2) is 6.19. The van der Waals surface area contributed by atoms with Gasteiger partial charge in [0.25, 0.3) is 0 Å². The lowest BCUT2D eigenvalue weighted by atomic mass is 9.80. The Morgan fingerprint density at radius 1 is 1.29 bits per heavy atom. The molecular formula is C18H19ClF3NO. The number of benzene rings is 1. The number of hydrogen-bond acceptors (Lipinski definition) is 2. The zero-order valence-electron chi connectivity index (χ0n) is 13.5. The number of carbonyl (C=O) groups is 1. The van der Waals surface area contributed by atoms with Gasteiger partial charge in [-0.25, -0.2) is 0 Å². The molecule has 1 N–H and O–H groups in total. The zero-order chi connectivity index (χ0) is 17.6. The van der Waals surface area contributed by atoms with E-state index in [1.807, 2.05) is 0 Å². The van der Waals surface area contributed by atoms with Crippen LogP contribution in [0.2, 0.25) is 5.02 Å². The molecule has 1 heterocycles. The van der Waals surface area contributed by atoms with Gasteiger partial charge in [-0.15, -0.1) is 0 Å². The van der Waals surface area contributed by atoms with Gasteiger partial charge in [-0.2, -0.15) is 13.2 Å². The maximum absolute atomic E-state index is 13.3. The lowest BCUT2D eigenvalue weighted by molar-refractivity contribution is -0.165. The minimum absolute atomic E-state index is 0.0697. The number of hydrogen-bond donors (Lipinski definition) is 1. The third-order valence-corrected chi connectivity index (χ3v) is 5.25. The quantitative estimate of drug-likeness (QED) is 0.819. The molecule has 0 spiro atoms. The highest BCUT2D eigenvalue weighted by atomic mass is 35.5. The average molecular weight is 358 g/mol. The summed E-state index contributed by atoms with van der Waals surface area (Å²) in [6.45, 7) is 3.25. The normalized spacial score (nSPS) is 26.9. The van der Waals surface area contributed by atoms with E-state index in [1.54, 1.807) is 12.1 Å². The number of allylic oxidation sites excluding steroid dienone is 1. The molecule has 3 rings (SSSR count). The molecule has 6 heteroatoms. The van der Waals surface area contributed by atoms with E-state index in [-0.39, 0.29) is 18.0 Å². The second-order valence-corrected chi connectivity index (χ2v) is 7.13. The predicted octanol–water partition coefficient (Wildman–Crippen LogP) is 4.86. The van der Waals surface area contributed by atoms with Gasteiger partial charge in [0.05, 0.1) is 5.92 Å². The summed E-state index contributed by atoms with van der Waals surface area (Å²) < 4.78 is 40.0. The molecule has 1 saturated heterocycles. The first-order chi connectivity index (χ1) is 11.2. The maximum atomic E-state index is 13.3. The average Bonchev–Trinajstić information content (AvgIpc) is 2.90. The highest BCUT2D eigenvalue weighted by Gasteiger charge is 2.45. The van der Waals surface area contributed by atoms with Crippen LogP contribution in [0.4, 0.5) is 13.2 Å². The van der Waals surface area contributed by atoms with Crippen LogP contribution in [0, 0.1) is 5.92 Å². The van der Waals surface area contributed by atoms with E-state index in [4.69, 9.17) is 11.6 Å². The van der Waals surface area contributed by atoms with Crippen LogP contribution in [0.5, 0.6) is 0 Å². The van der Waals surface area contributed by atoms with Gasteiger partial charge in [0.2, 0.25) is 0 Å². The van der Waals surface area contributed by atoms with Crippen LogP contribution in [0.15, 0.2) is 17.7 Å². The van der Waals surface area contributed by atoms with Gasteiger partial charge in [-0.3, -0.25) is 4.79 Å². The van der Waals surface area contributed by atoms with Crippen molar-refractivity contribution >= 4 is 23.5 Å². The molecule has 0 saturated carbocycles. The summed E-state index contributed by atoms with van der Waals surface area (Å²) in [5.41, 5.74) is 1.87. The molecule has 0 radical (unpaired) electrons. The molecule has 2 aliphatic rings. The van der Waals surface area contributed by atoms with Crippen molar-refractivity contribution in [1.82, 2.24) is 5.32 Å². The van der Waals surface area contributed by atoms with E-state index in [2.05, 4.69) is 12.2 Å². The Kier molecular flexibility index (Phi) is 4.51. The molecular weight excluding hydrogens is 339 g/mol. The van der Waals surface area contributed by atoms with Crippen LogP contribution >= 0.6 is 11.6 Å². The Bertz CT molecular complexity index is 711. The number of carbonyl (C=O) groups excluding carboxylic acids is 1. The van der Waals surface area contributed by atoms with Gasteiger partial charge in [0.15, 0.2) is 5.78 Å². The van der Waals surface area contributed by atoms with Crippen molar-refractivity contribution in [3.05, 3.63) is 39.4 Å². The van der Waals surface area contributed by atoms with Crippen molar-refractivity contribution in [1.29, 1.82) is 0 Å². The van der Waals surface area contributed by atoms with Crippen molar-refractivity contribution in [2.75, 3.05) is 0 Å². The Morgan fingerprint density at radius 3 is 2.54 bits per heavy atom. The van der Waals surface area contributed by atoms with E-state index in [9.17, 15) is 18.0 Å². The number of Topliss-reactive ketones (excluding diaryl/α,β-unsaturated/α-hetero) is 1. The van der Waals surface area contributed by atoms with Crippen LogP contribution in [0.25, 0.3) is 6.08 Å². The van der Waals surface area contributed by atoms with Crippen LogP contribution < -0.4 is 5.32 Å². The van der Waals surface area contributed by atoms with Gasteiger partial charge < -0.3 is 5.32 Å². The third kappa shape index (κ3) is 3.24. The predicted molar refractivity (Wildman–Crippen MR) is 87.9 cm³/mol. The first kappa shape index (κ1) is 17.5. The number of alkyl halides is 3. The molecule has 1 aliphatic carbocycles. The van der Waals surface area contributed by atoms with Gasteiger partial charge in [-0.1, -0.05) is 17.7 Å². The zero-order valence-corrected chi connectivity index (χ0v) is 14.3. The summed E-state index contributed by atoms with van der Waals surface area (Å²) in [6.07, 6.45) is -1.37. The Balaban J connectivity index is 2.03. The fourth-order valence-corrected chi connectivity index (χ4v) is 3.94. The lowest BCUT2D eigenvalue weighted by Gasteiger charge is -2.28. The molecule has 1 aromatic carbocycles. The minimum atomic E-state index is -4.44. The van der Waals surface area contributed by atoms with Crippen molar-refractivity contribution in [3.63, 3.8) is 0 Å². The minimum Gasteiger partial charge on any atom is -0.307 e. The number of fused-ring (bicyclic) bond motifs is 1. The van der Waals surface area contributed by atoms with Gasteiger partial charge >= 0.3 is 6.18 Å². The van der Waals surface area contributed by atoms with Gasteiger partial charge in [0, 0.05) is 22.7 Å². The Morgan fingerprint density at radius 2 is 2.00 bits per heavy atom. The number of nitrogens with one attached hydrogen (secondary N) is 1. The van der Waals surface area contributed by atoms with E-state index < -0.39 is 17.9 Å². The standard InChI is InChI=1S/C18H19ClF3NO/c1-9-3-4-17(23-9)14-6-11-7-15(18(20,21)22)13(10(2)24)5-12(11)8-16(14)19/h5-6,8-9,15,17,23H,3-4,7H2,1-2H3. The third-order valence-electron chi connectivity index (χ3n) is 4.92. The second-order valence-electron chi connectivity index (χ2n) is 6.72. The van der Waals surface area contributed by atoms with Crippen LogP contribution in [0.3, 0.4) is 0 Å². The fourth-order valence-electron chi connectivity index (χ4n) is 3.64. The Labute approximate surface area is 144 Å². The summed E-state index contributed by atoms with van der Waals surface area (Å²) in [6, 6.07) is 3.90. The summed E-state index contributed by atoms with van der Waals surface area (Å²) >= 11 is 6.37. The number of ketones is 1. The molecule has 130 valence electrons. The van der Waals surface area contributed by atoms with Crippen LogP contribution in [-0.4, -0.2) is 18.0 Å². The number of rotatable bonds is 2. The smallest absolute Gasteiger partial charge is 0.307 e. The lowest BCUT2D eigenvalue weighted by Crippen LogP contribution is -2.31. The molecule has 1 fully saturated rings. The highest BCUT2D eigenvalue weighted by Crippen LogP contribution is 2.42. The largest absolute Gasteiger partial charge is 0.396 e. The molecule has 24 heavy (non-hydrogen) atoms. The van der Waals surface area contributed by atoms with Crippen LogP contribution in [-0.2, 0) is 11.2 Å². The summed E-state index contributed by atoms with van der Waals surface area (Å²) in [7, 11) is 0. The summed E-state index contributed by atoms with van der Waals surface area (Å²) in [5.74, 6) is -2.29. The molecule has 3 unspecified atom stereocenters. The van der Waals surface area contributed by atoms with Crippen molar-refractivity contribution in [2.45, 2.75) is 51.4 Å². The fraction of sp³-hybridized carbons (Fsp3) is 0.500. The summed E-state index contributed by atoms with van der Waals surface area (Å²) in [5, 5.41) is 3.94. The first-order valence-corrected chi connectivity index (χ1v) is 8.42. The molecule has 2 nitrogen and oxygen atoms in total. The monoisotopic (exact) mass is 357 g/mol.